The lowest BCUT2D eigenvalue weighted by Crippen LogP contribution is -2.49. The number of carbonyl (C=O) groups is 1. The van der Waals surface area contributed by atoms with Crippen LogP contribution in [-0.4, -0.2) is 48.4 Å². The van der Waals surface area contributed by atoms with E-state index in [-0.39, 0.29) is 5.91 Å². The molecule has 0 aromatic heterocycles. The number of nitriles is 1. The topological polar surface area (TPSA) is 47.3 Å². The van der Waals surface area contributed by atoms with Crippen molar-refractivity contribution in [3.05, 3.63) is 108 Å². The summed E-state index contributed by atoms with van der Waals surface area (Å²) in [6.07, 6.45) is 0.712. The maximum absolute atomic E-state index is 12.7. The standard InChI is InChI=1S/C27H27N3O/c28-22-27(24-12-6-2-7-13-24,25-14-8-3-9-15-25)16-17-29-18-20-30(21-19-29)26(31)23-10-4-1-5-11-23/h1-15H,16-21H2. The summed E-state index contributed by atoms with van der Waals surface area (Å²) in [5.74, 6) is 0.0974. The Morgan fingerprint density at radius 3 is 1.74 bits per heavy atom. The minimum atomic E-state index is -0.681. The van der Waals surface area contributed by atoms with Crippen LogP contribution < -0.4 is 0 Å². The molecule has 0 bridgehead atoms. The molecule has 156 valence electrons. The highest BCUT2D eigenvalue weighted by atomic mass is 16.2. The summed E-state index contributed by atoms with van der Waals surface area (Å²) in [7, 11) is 0. The van der Waals surface area contributed by atoms with E-state index in [1.165, 1.54) is 0 Å². The van der Waals surface area contributed by atoms with Gasteiger partial charge in [0.2, 0.25) is 0 Å². The van der Waals surface area contributed by atoms with Gasteiger partial charge in [-0.2, -0.15) is 5.26 Å². The molecular formula is C27H27N3O. The molecule has 0 radical (unpaired) electrons. The molecule has 1 fully saturated rings. The summed E-state index contributed by atoms with van der Waals surface area (Å²) < 4.78 is 0. The lowest BCUT2D eigenvalue weighted by Gasteiger charge is -2.37. The minimum absolute atomic E-state index is 0.0974. The summed E-state index contributed by atoms with van der Waals surface area (Å²) in [6, 6.07) is 32.3. The molecule has 0 unspecified atom stereocenters. The molecule has 1 amide bonds. The lowest BCUT2D eigenvalue weighted by molar-refractivity contribution is 0.0632. The zero-order chi connectivity index (χ0) is 21.5. The van der Waals surface area contributed by atoms with Gasteiger partial charge in [0, 0.05) is 38.3 Å². The summed E-state index contributed by atoms with van der Waals surface area (Å²) in [4.78, 5) is 17.0. The number of hydrogen-bond donors (Lipinski definition) is 0. The third-order valence-electron chi connectivity index (χ3n) is 6.21. The fraction of sp³-hybridized carbons (Fsp3) is 0.259. The van der Waals surface area contributed by atoms with E-state index >= 15 is 0 Å². The highest BCUT2D eigenvalue weighted by molar-refractivity contribution is 5.94. The van der Waals surface area contributed by atoms with E-state index in [1.54, 1.807) is 0 Å². The molecule has 31 heavy (non-hydrogen) atoms. The molecule has 1 saturated heterocycles. The van der Waals surface area contributed by atoms with Crippen LogP contribution in [0.15, 0.2) is 91.0 Å². The largest absolute Gasteiger partial charge is 0.336 e. The smallest absolute Gasteiger partial charge is 0.253 e. The first kappa shape index (κ1) is 20.8. The highest BCUT2D eigenvalue weighted by Gasteiger charge is 2.35. The van der Waals surface area contributed by atoms with Gasteiger partial charge in [-0.3, -0.25) is 9.69 Å². The average Bonchev–Trinajstić information content (AvgIpc) is 2.86. The van der Waals surface area contributed by atoms with Gasteiger partial charge in [0.1, 0.15) is 5.41 Å². The van der Waals surface area contributed by atoms with Crippen LogP contribution in [0, 0.1) is 11.3 Å². The van der Waals surface area contributed by atoms with Gasteiger partial charge in [-0.1, -0.05) is 78.9 Å². The van der Waals surface area contributed by atoms with Crippen molar-refractivity contribution in [2.45, 2.75) is 11.8 Å². The van der Waals surface area contributed by atoms with Gasteiger partial charge in [0.05, 0.1) is 6.07 Å². The van der Waals surface area contributed by atoms with Gasteiger partial charge >= 0.3 is 0 Å². The molecule has 4 rings (SSSR count). The second kappa shape index (κ2) is 9.59. The van der Waals surface area contributed by atoms with Crippen LogP contribution in [0.1, 0.15) is 27.9 Å². The van der Waals surface area contributed by atoms with E-state index in [9.17, 15) is 10.1 Å². The van der Waals surface area contributed by atoms with Gasteiger partial charge in [0.15, 0.2) is 0 Å². The highest BCUT2D eigenvalue weighted by Crippen LogP contribution is 2.35. The zero-order valence-electron chi connectivity index (χ0n) is 17.7. The molecular weight excluding hydrogens is 382 g/mol. The summed E-state index contributed by atoms with van der Waals surface area (Å²) in [5, 5.41) is 10.3. The Morgan fingerprint density at radius 2 is 1.26 bits per heavy atom. The van der Waals surface area contributed by atoms with Crippen LogP contribution in [0.2, 0.25) is 0 Å². The van der Waals surface area contributed by atoms with Crippen molar-refractivity contribution in [1.82, 2.24) is 9.80 Å². The van der Waals surface area contributed by atoms with Crippen molar-refractivity contribution >= 4 is 5.91 Å². The first-order chi connectivity index (χ1) is 15.2. The van der Waals surface area contributed by atoms with E-state index in [0.29, 0.717) is 19.5 Å². The molecule has 1 heterocycles. The Morgan fingerprint density at radius 1 is 0.774 bits per heavy atom. The van der Waals surface area contributed by atoms with Crippen LogP contribution in [0.3, 0.4) is 0 Å². The number of hydrogen-bond acceptors (Lipinski definition) is 3. The first-order valence-electron chi connectivity index (χ1n) is 10.8. The zero-order valence-corrected chi connectivity index (χ0v) is 17.7. The molecule has 0 atom stereocenters. The maximum atomic E-state index is 12.7. The Balaban J connectivity index is 1.44. The molecule has 0 saturated carbocycles. The third kappa shape index (κ3) is 4.52. The van der Waals surface area contributed by atoms with Crippen LogP contribution in [0.25, 0.3) is 0 Å². The number of amides is 1. The summed E-state index contributed by atoms with van der Waals surface area (Å²) in [6.45, 7) is 3.88. The second-order valence-electron chi connectivity index (χ2n) is 8.00. The van der Waals surface area contributed by atoms with E-state index in [4.69, 9.17) is 0 Å². The van der Waals surface area contributed by atoms with Gasteiger partial charge in [-0.05, 0) is 29.7 Å². The van der Waals surface area contributed by atoms with Crippen molar-refractivity contribution in [2.75, 3.05) is 32.7 Å². The molecule has 1 aliphatic rings. The van der Waals surface area contributed by atoms with Crippen molar-refractivity contribution in [1.29, 1.82) is 5.26 Å². The fourth-order valence-corrected chi connectivity index (χ4v) is 4.35. The number of carbonyl (C=O) groups excluding carboxylic acids is 1. The van der Waals surface area contributed by atoms with Gasteiger partial charge in [-0.15, -0.1) is 0 Å². The van der Waals surface area contributed by atoms with Crippen molar-refractivity contribution in [3.63, 3.8) is 0 Å². The molecule has 1 aliphatic heterocycles. The Labute approximate surface area is 184 Å². The van der Waals surface area contributed by atoms with Gasteiger partial charge in [0.25, 0.3) is 5.91 Å². The maximum Gasteiger partial charge on any atom is 0.253 e. The fourth-order valence-electron chi connectivity index (χ4n) is 4.35. The SMILES string of the molecule is N#CC(CCN1CCN(C(=O)c2ccccc2)CC1)(c1ccccc1)c1ccccc1. The average molecular weight is 410 g/mol. The molecule has 3 aromatic rings. The van der Waals surface area contributed by atoms with Crippen molar-refractivity contribution in [3.8, 4) is 6.07 Å². The third-order valence-corrected chi connectivity index (χ3v) is 6.21. The Kier molecular flexibility index (Phi) is 6.45. The summed E-state index contributed by atoms with van der Waals surface area (Å²) >= 11 is 0. The molecule has 0 N–H and O–H groups in total. The number of piperazine rings is 1. The number of benzene rings is 3. The van der Waals surface area contributed by atoms with Crippen LogP contribution >= 0.6 is 0 Å². The van der Waals surface area contributed by atoms with Gasteiger partial charge < -0.3 is 4.90 Å². The number of nitrogens with zero attached hydrogens (tertiary/aromatic N) is 3. The second-order valence-corrected chi connectivity index (χ2v) is 8.00. The minimum Gasteiger partial charge on any atom is -0.336 e. The van der Waals surface area contributed by atoms with Gasteiger partial charge in [-0.25, -0.2) is 0 Å². The van der Waals surface area contributed by atoms with Crippen molar-refractivity contribution in [2.24, 2.45) is 0 Å². The normalized spacial score (nSPS) is 14.7. The lowest BCUT2D eigenvalue weighted by atomic mass is 9.73. The van der Waals surface area contributed by atoms with E-state index < -0.39 is 5.41 Å². The molecule has 4 nitrogen and oxygen atoms in total. The predicted molar refractivity (Wildman–Crippen MR) is 123 cm³/mol. The Hall–Kier alpha value is -3.42. The molecule has 0 aliphatic carbocycles. The summed E-state index contributed by atoms with van der Waals surface area (Å²) in [5.41, 5.74) is 2.12. The molecule has 3 aromatic carbocycles. The quantitative estimate of drug-likeness (QED) is 0.608. The monoisotopic (exact) mass is 409 g/mol. The molecule has 0 spiro atoms. The van der Waals surface area contributed by atoms with Crippen LogP contribution in [0.5, 0.6) is 0 Å². The van der Waals surface area contributed by atoms with E-state index in [2.05, 4.69) is 11.0 Å². The Bertz CT molecular complexity index is 981. The van der Waals surface area contributed by atoms with E-state index in [1.807, 2.05) is 95.9 Å². The van der Waals surface area contributed by atoms with Crippen molar-refractivity contribution < 1.29 is 4.79 Å². The molecule has 4 heteroatoms. The number of rotatable bonds is 6. The predicted octanol–water partition coefficient (Wildman–Crippen LogP) is 4.34. The van der Waals surface area contributed by atoms with E-state index in [0.717, 1.165) is 36.3 Å². The first-order valence-corrected chi connectivity index (χ1v) is 10.8. The van der Waals surface area contributed by atoms with Crippen LogP contribution in [0.4, 0.5) is 0 Å². The van der Waals surface area contributed by atoms with Crippen LogP contribution in [-0.2, 0) is 5.41 Å².